The van der Waals surface area contributed by atoms with Gasteiger partial charge in [0.25, 0.3) is 5.56 Å². The summed E-state index contributed by atoms with van der Waals surface area (Å²) in [6.45, 7) is 3.49. The number of pyridine rings is 1. The number of aromatic amines is 1. The maximum absolute atomic E-state index is 12.7. The molecule has 0 unspecified atom stereocenters. The Balaban J connectivity index is 1.99. The van der Waals surface area contributed by atoms with Crippen molar-refractivity contribution >= 4 is 39.1 Å². The van der Waals surface area contributed by atoms with Crippen molar-refractivity contribution in [2.24, 2.45) is 0 Å². The van der Waals surface area contributed by atoms with Crippen LogP contribution in [-0.4, -0.2) is 27.5 Å². The summed E-state index contributed by atoms with van der Waals surface area (Å²) in [6, 6.07) is 0.772. The molecule has 3 aromatic rings. The number of thiophene rings is 1. The monoisotopic (exact) mass is 431 g/mol. The molecule has 3 heterocycles. The largest absolute Gasteiger partial charge is 0.462 e. The van der Waals surface area contributed by atoms with Crippen molar-refractivity contribution in [3.05, 3.63) is 55.2 Å². The molecule has 0 amide bonds. The summed E-state index contributed by atoms with van der Waals surface area (Å²) in [4.78, 5) is 35.6. The van der Waals surface area contributed by atoms with E-state index in [1.54, 1.807) is 13.8 Å². The van der Waals surface area contributed by atoms with Crippen LogP contribution in [0.15, 0.2) is 17.1 Å². The van der Waals surface area contributed by atoms with Gasteiger partial charge in [0, 0.05) is 12.6 Å². The summed E-state index contributed by atoms with van der Waals surface area (Å²) in [7, 11) is 0. The molecule has 6 nitrogen and oxygen atoms in total. The van der Waals surface area contributed by atoms with Crippen molar-refractivity contribution in [2.45, 2.75) is 26.4 Å². The van der Waals surface area contributed by atoms with Crippen LogP contribution in [0, 0.1) is 6.92 Å². The summed E-state index contributed by atoms with van der Waals surface area (Å²) >= 11 is 6.92. The van der Waals surface area contributed by atoms with E-state index in [1.807, 2.05) is 0 Å². The zero-order valence-corrected chi connectivity index (χ0v) is 16.2. The molecule has 0 bridgehead atoms. The molecule has 0 saturated heterocycles. The number of esters is 1. The van der Waals surface area contributed by atoms with Gasteiger partial charge in [-0.1, -0.05) is 11.6 Å². The van der Waals surface area contributed by atoms with E-state index in [9.17, 15) is 22.8 Å². The number of alkyl halides is 3. The molecule has 0 radical (unpaired) electrons. The molecular formula is C17H13ClF3N3O3S. The van der Waals surface area contributed by atoms with E-state index in [0.717, 1.165) is 17.4 Å². The number of nitrogens with zero attached hydrogens (tertiary/aromatic N) is 2. The smallest absolute Gasteiger partial charge is 0.417 e. The summed E-state index contributed by atoms with van der Waals surface area (Å²) in [5, 5.41) is 0.0791. The number of aromatic nitrogens is 3. The zero-order chi connectivity index (χ0) is 20.6. The third-order valence-corrected chi connectivity index (χ3v) is 5.38. The maximum Gasteiger partial charge on any atom is 0.417 e. The molecule has 0 fully saturated rings. The number of carbonyl (C=O) groups excluding carboxylic acids is 1. The molecule has 0 aliphatic carbocycles. The van der Waals surface area contributed by atoms with Crippen LogP contribution in [-0.2, 0) is 17.3 Å². The minimum absolute atomic E-state index is 0.0756. The van der Waals surface area contributed by atoms with Crippen molar-refractivity contribution in [3.8, 4) is 0 Å². The first-order chi connectivity index (χ1) is 13.1. The maximum atomic E-state index is 12.7. The highest BCUT2D eigenvalue weighted by Gasteiger charge is 2.31. The Morgan fingerprint density at radius 1 is 1.39 bits per heavy atom. The normalized spacial score (nSPS) is 11.8. The van der Waals surface area contributed by atoms with Gasteiger partial charge in [0.2, 0.25) is 0 Å². The predicted molar refractivity (Wildman–Crippen MR) is 98.0 cm³/mol. The van der Waals surface area contributed by atoms with Gasteiger partial charge in [-0.2, -0.15) is 13.2 Å². The van der Waals surface area contributed by atoms with E-state index in [-0.39, 0.29) is 39.8 Å². The lowest BCUT2D eigenvalue weighted by Crippen LogP contribution is -2.13. The Kier molecular flexibility index (Phi) is 5.44. The van der Waals surface area contributed by atoms with E-state index in [0.29, 0.717) is 16.6 Å². The number of rotatable bonds is 4. The minimum Gasteiger partial charge on any atom is -0.462 e. The molecule has 3 rings (SSSR count). The van der Waals surface area contributed by atoms with Gasteiger partial charge in [-0.3, -0.25) is 9.78 Å². The van der Waals surface area contributed by atoms with Gasteiger partial charge in [-0.25, -0.2) is 9.78 Å². The second-order valence-electron chi connectivity index (χ2n) is 5.80. The first-order valence-corrected chi connectivity index (χ1v) is 9.22. The number of carbonyl (C=O) groups is 1. The SMILES string of the molecule is CCOC(=O)c1sc2nc(Cc3ncc(C(F)(F)F)cc3Cl)[nH]c(=O)c2c1C. The van der Waals surface area contributed by atoms with E-state index in [1.165, 1.54) is 0 Å². The van der Waals surface area contributed by atoms with Crippen LogP contribution in [0.3, 0.4) is 0 Å². The Bertz CT molecular complexity index is 1120. The second kappa shape index (κ2) is 7.51. The lowest BCUT2D eigenvalue weighted by molar-refractivity contribution is -0.137. The summed E-state index contributed by atoms with van der Waals surface area (Å²) in [5.74, 6) is -0.375. The van der Waals surface area contributed by atoms with Gasteiger partial charge in [0.15, 0.2) is 0 Å². The van der Waals surface area contributed by atoms with Crippen LogP contribution in [0.2, 0.25) is 5.02 Å². The first-order valence-electron chi connectivity index (χ1n) is 8.02. The summed E-state index contributed by atoms with van der Waals surface area (Å²) in [6.07, 6.45) is -3.96. The molecule has 0 aromatic carbocycles. The van der Waals surface area contributed by atoms with Crippen molar-refractivity contribution in [1.82, 2.24) is 15.0 Å². The molecule has 0 aliphatic heterocycles. The third-order valence-electron chi connectivity index (χ3n) is 3.89. The summed E-state index contributed by atoms with van der Waals surface area (Å²) < 4.78 is 43.1. The lowest BCUT2D eigenvalue weighted by atomic mass is 10.2. The molecule has 0 spiro atoms. The van der Waals surface area contributed by atoms with Gasteiger partial charge in [-0.15, -0.1) is 11.3 Å². The fourth-order valence-electron chi connectivity index (χ4n) is 2.57. The fraction of sp³-hybridized carbons (Fsp3) is 0.294. The van der Waals surface area contributed by atoms with Gasteiger partial charge in [0.05, 0.1) is 28.3 Å². The highest BCUT2D eigenvalue weighted by Crippen LogP contribution is 2.32. The minimum atomic E-state index is -4.56. The van der Waals surface area contributed by atoms with Crippen LogP contribution in [0.1, 0.15) is 39.2 Å². The van der Waals surface area contributed by atoms with Crippen LogP contribution in [0.5, 0.6) is 0 Å². The Morgan fingerprint density at radius 2 is 2.11 bits per heavy atom. The average molecular weight is 432 g/mol. The Morgan fingerprint density at radius 3 is 2.71 bits per heavy atom. The molecule has 11 heteroatoms. The number of halogens is 4. The first kappa shape index (κ1) is 20.3. The van der Waals surface area contributed by atoms with E-state index in [2.05, 4.69) is 15.0 Å². The number of H-pyrrole nitrogens is 1. The number of fused-ring (bicyclic) bond motifs is 1. The topological polar surface area (TPSA) is 84.9 Å². The van der Waals surface area contributed by atoms with E-state index >= 15 is 0 Å². The summed E-state index contributed by atoms with van der Waals surface area (Å²) in [5.41, 5.74) is -0.834. The second-order valence-corrected chi connectivity index (χ2v) is 7.20. The number of nitrogens with one attached hydrogen (secondary N) is 1. The fourth-order valence-corrected chi connectivity index (χ4v) is 3.90. The molecule has 28 heavy (non-hydrogen) atoms. The quantitative estimate of drug-likeness (QED) is 0.628. The highest BCUT2D eigenvalue weighted by molar-refractivity contribution is 7.20. The third kappa shape index (κ3) is 3.88. The number of hydrogen-bond acceptors (Lipinski definition) is 6. The van der Waals surface area contributed by atoms with Crippen LogP contribution in [0.4, 0.5) is 13.2 Å². The highest BCUT2D eigenvalue weighted by atomic mass is 35.5. The van der Waals surface area contributed by atoms with E-state index in [4.69, 9.17) is 16.3 Å². The van der Waals surface area contributed by atoms with Gasteiger partial charge >= 0.3 is 12.1 Å². The molecule has 148 valence electrons. The number of hydrogen-bond donors (Lipinski definition) is 1. The molecule has 0 saturated carbocycles. The lowest BCUT2D eigenvalue weighted by Gasteiger charge is -2.09. The number of ether oxygens (including phenoxy) is 1. The Hall–Kier alpha value is -2.46. The average Bonchev–Trinajstić information content (AvgIpc) is 2.93. The van der Waals surface area contributed by atoms with Crippen molar-refractivity contribution < 1.29 is 22.7 Å². The van der Waals surface area contributed by atoms with Gasteiger partial charge in [0.1, 0.15) is 15.5 Å². The van der Waals surface area contributed by atoms with Crippen molar-refractivity contribution in [2.75, 3.05) is 6.61 Å². The molecule has 3 aromatic heterocycles. The molecule has 1 N–H and O–H groups in total. The van der Waals surface area contributed by atoms with Crippen LogP contribution in [0.25, 0.3) is 10.2 Å². The standard InChI is InChI=1S/C17H13ClF3N3O3S/c1-3-27-16(26)13-7(2)12-14(25)23-11(24-15(12)28-13)5-10-9(18)4-8(6-22-10)17(19,20)21/h4,6H,3,5H2,1-2H3,(H,23,24,25). The van der Waals surface area contributed by atoms with E-state index < -0.39 is 23.3 Å². The van der Waals surface area contributed by atoms with Crippen molar-refractivity contribution in [1.29, 1.82) is 0 Å². The van der Waals surface area contributed by atoms with Crippen LogP contribution < -0.4 is 5.56 Å². The molecule has 0 atom stereocenters. The van der Waals surface area contributed by atoms with Crippen molar-refractivity contribution in [3.63, 3.8) is 0 Å². The number of aryl methyl sites for hydroxylation is 1. The van der Waals surface area contributed by atoms with Gasteiger partial charge < -0.3 is 9.72 Å². The Labute approximate surface area is 165 Å². The van der Waals surface area contributed by atoms with Crippen LogP contribution >= 0.6 is 22.9 Å². The molecule has 0 aliphatic rings. The zero-order valence-electron chi connectivity index (χ0n) is 14.6. The van der Waals surface area contributed by atoms with Gasteiger partial charge in [-0.05, 0) is 25.5 Å². The predicted octanol–water partition coefficient (Wildman–Crippen LogP) is 4.13. The molecular weight excluding hydrogens is 419 g/mol.